The average Bonchev–Trinajstić information content (AvgIpc) is 3.05. The Morgan fingerprint density at radius 1 is 1.35 bits per heavy atom. The number of hydrogen-bond donors (Lipinski definition) is 2. The molecule has 3 aromatic rings. The summed E-state index contributed by atoms with van der Waals surface area (Å²) in [6.07, 6.45) is 6.88. The lowest BCUT2D eigenvalue weighted by molar-refractivity contribution is -0.137. The van der Waals surface area contributed by atoms with Crippen LogP contribution < -0.4 is 0 Å². The maximum atomic E-state index is 10.7. The molecule has 0 aliphatic heterocycles. The van der Waals surface area contributed by atoms with Crippen molar-refractivity contribution in [1.29, 1.82) is 0 Å². The second kappa shape index (κ2) is 5.21. The Morgan fingerprint density at radius 2 is 2.20 bits per heavy atom. The van der Waals surface area contributed by atoms with Crippen LogP contribution in [0.4, 0.5) is 0 Å². The second-order valence-electron chi connectivity index (χ2n) is 4.71. The molecule has 0 aliphatic rings. The molecule has 0 amide bonds. The van der Waals surface area contributed by atoms with E-state index in [1.807, 2.05) is 29.0 Å². The Labute approximate surface area is 115 Å². The third-order valence-electron chi connectivity index (χ3n) is 3.37. The smallest absolute Gasteiger partial charge is 0.303 e. The molecule has 0 unspecified atom stereocenters. The first-order chi connectivity index (χ1) is 9.75. The number of para-hydroxylation sites is 1. The van der Waals surface area contributed by atoms with Gasteiger partial charge in [-0.1, -0.05) is 18.2 Å². The highest BCUT2D eigenvalue weighted by molar-refractivity contribution is 5.86. The number of nitrogens with one attached hydrogen (secondary N) is 1. The fourth-order valence-corrected chi connectivity index (χ4v) is 2.47. The minimum absolute atomic E-state index is 0.183. The van der Waals surface area contributed by atoms with Gasteiger partial charge in [0.15, 0.2) is 0 Å². The van der Waals surface area contributed by atoms with Crippen LogP contribution in [0.5, 0.6) is 0 Å². The number of aromatic nitrogens is 3. The molecule has 0 bridgehead atoms. The summed E-state index contributed by atoms with van der Waals surface area (Å²) in [5.41, 5.74) is 2.20. The number of fused-ring (bicyclic) bond motifs is 1. The molecule has 1 aromatic carbocycles. The molecule has 0 spiro atoms. The van der Waals surface area contributed by atoms with Crippen molar-refractivity contribution < 1.29 is 9.90 Å². The van der Waals surface area contributed by atoms with E-state index in [1.54, 1.807) is 12.5 Å². The van der Waals surface area contributed by atoms with Crippen molar-refractivity contribution in [2.24, 2.45) is 0 Å². The summed E-state index contributed by atoms with van der Waals surface area (Å²) in [6, 6.07) is 8.06. The highest BCUT2D eigenvalue weighted by Crippen LogP contribution is 2.26. The zero-order valence-electron chi connectivity index (χ0n) is 10.9. The lowest BCUT2D eigenvalue weighted by Crippen LogP contribution is -1.99. The van der Waals surface area contributed by atoms with E-state index in [-0.39, 0.29) is 6.42 Å². The van der Waals surface area contributed by atoms with Gasteiger partial charge in [-0.15, -0.1) is 0 Å². The highest BCUT2D eigenvalue weighted by Gasteiger charge is 2.12. The van der Waals surface area contributed by atoms with Crippen molar-refractivity contribution in [3.63, 3.8) is 0 Å². The number of rotatable bonds is 5. The molecule has 0 atom stereocenters. The number of carboxylic acid groups (broad SMARTS) is 1. The number of carbonyl (C=O) groups is 1. The van der Waals surface area contributed by atoms with Crippen LogP contribution >= 0.6 is 0 Å². The summed E-state index contributed by atoms with van der Waals surface area (Å²) in [7, 11) is 0. The zero-order chi connectivity index (χ0) is 13.9. The molecule has 2 aromatic heterocycles. The molecule has 3 rings (SSSR count). The summed E-state index contributed by atoms with van der Waals surface area (Å²) in [6.45, 7) is 0. The second-order valence-corrected chi connectivity index (χ2v) is 4.71. The van der Waals surface area contributed by atoms with Gasteiger partial charge in [0, 0.05) is 35.3 Å². The van der Waals surface area contributed by atoms with Gasteiger partial charge in [0.2, 0.25) is 0 Å². The highest BCUT2D eigenvalue weighted by atomic mass is 16.4. The molecule has 5 heteroatoms. The van der Waals surface area contributed by atoms with Crippen LogP contribution in [0.2, 0.25) is 0 Å². The number of hydrogen-bond acceptors (Lipinski definition) is 2. The molecular formula is C15H15N3O2. The van der Waals surface area contributed by atoms with E-state index in [1.165, 1.54) is 0 Å². The molecular weight excluding hydrogens is 254 g/mol. The lowest BCUT2D eigenvalue weighted by atomic mass is 10.1. The molecule has 102 valence electrons. The van der Waals surface area contributed by atoms with Crippen molar-refractivity contribution >= 4 is 16.9 Å². The summed E-state index contributed by atoms with van der Waals surface area (Å²) < 4.78 is 1.93. The van der Waals surface area contributed by atoms with E-state index in [4.69, 9.17) is 5.11 Å². The third kappa shape index (κ3) is 2.30. The van der Waals surface area contributed by atoms with Crippen LogP contribution in [0.3, 0.4) is 0 Å². The normalized spacial score (nSPS) is 11.0. The number of imidazole rings is 1. The van der Waals surface area contributed by atoms with Crippen LogP contribution in [0, 0.1) is 0 Å². The van der Waals surface area contributed by atoms with E-state index in [2.05, 4.69) is 16.0 Å². The van der Waals surface area contributed by atoms with Crippen LogP contribution in [-0.4, -0.2) is 25.6 Å². The van der Waals surface area contributed by atoms with Crippen molar-refractivity contribution in [2.75, 3.05) is 0 Å². The number of carboxylic acids is 1. The maximum absolute atomic E-state index is 10.7. The van der Waals surface area contributed by atoms with E-state index < -0.39 is 5.97 Å². The maximum Gasteiger partial charge on any atom is 0.303 e. The summed E-state index contributed by atoms with van der Waals surface area (Å²) in [4.78, 5) is 18.1. The first-order valence-corrected chi connectivity index (χ1v) is 6.55. The molecule has 20 heavy (non-hydrogen) atoms. The lowest BCUT2D eigenvalue weighted by Gasteiger charge is -2.04. The van der Waals surface area contributed by atoms with E-state index in [0.717, 1.165) is 28.7 Å². The van der Waals surface area contributed by atoms with Gasteiger partial charge in [-0.05, 0) is 18.9 Å². The Bertz CT molecular complexity index is 729. The van der Waals surface area contributed by atoms with E-state index in [0.29, 0.717) is 6.42 Å². The third-order valence-corrected chi connectivity index (χ3v) is 3.37. The molecule has 5 nitrogen and oxygen atoms in total. The van der Waals surface area contributed by atoms with Crippen LogP contribution in [0.1, 0.15) is 18.4 Å². The minimum Gasteiger partial charge on any atom is -0.481 e. The molecule has 2 heterocycles. The van der Waals surface area contributed by atoms with Crippen LogP contribution in [-0.2, 0) is 11.2 Å². The predicted octanol–water partition coefficient (Wildman–Crippen LogP) is 2.76. The minimum atomic E-state index is -0.756. The van der Waals surface area contributed by atoms with Gasteiger partial charge in [0.25, 0.3) is 0 Å². The van der Waals surface area contributed by atoms with Gasteiger partial charge in [0.05, 0.1) is 0 Å². The van der Waals surface area contributed by atoms with E-state index in [9.17, 15) is 4.79 Å². The van der Waals surface area contributed by atoms with Crippen LogP contribution in [0.15, 0.2) is 43.0 Å². The first kappa shape index (κ1) is 12.5. The summed E-state index contributed by atoms with van der Waals surface area (Å²) in [5, 5.41) is 9.93. The molecule has 0 fully saturated rings. The summed E-state index contributed by atoms with van der Waals surface area (Å²) >= 11 is 0. The number of H-pyrrole nitrogens is 1. The fraction of sp³-hybridized carbons (Fsp3) is 0.200. The Morgan fingerprint density at radius 3 is 2.95 bits per heavy atom. The molecule has 0 radical (unpaired) electrons. The van der Waals surface area contributed by atoms with E-state index >= 15 is 0 Å². The number of aryl methyl sites for hydroxylation is 1. The number of benzene rings is 1. The number of aromatic amines is 1. The Hall–Kier alpha value is -2.56. The van der Waals surface area contributed by atoms with Crippen LogP contribution in [0.25, 0.3) is 16.7 Å². The average molecular weight is 269 g/mol. The monoisotopic (exact) mass is 269 g/mol. The van der Waals surface area contributed by atoms with Gasteiger partial charge >= 0.3 is 5.97 Å². The fourth-order valence-electron chi connectivity index (χ4n) is 2.47. The number of nitrogens with zero attached hydrogens (tertiary/aromatic N) is 2. The van der Waals surface area contributed by atoms with Gasteiger partial charge in [-0.3, -0.25) is 9.36 Å². The topological polar surface area (TPSA) is 70.9 Å². The van der Waals surface area contributed by atoms with Crippen molar-refractivity contribution in [3.8, 4) is 5.82 Å². The van der Waals surface area contributed by atoms with Gasteiger partial charge < -0.3 is 10.1 Å². The van der Waals surface area contributed by atoms with Crippen molar-refractivity contribution in [3.05, 3.63) is 48.5 Å². The Kier molecular flexibility index (Phi) is 3.25. The quantitative estimate of drug-likeness (QED) is 0.748. The zero-order valence-corrected chi connectivity index (χ0v) is 10.9. The van der Waals surface area contributed by atoms with Gasteiger partial charge in [-0.2, -0.15) is 0 Å². The number of aliphatic carboxylic acids is 1. The Balaban J connectivity index is 2.02. The SMILES string of the molecule is O=C(O)CCCc1c(-n2ccnc2)[nH]c2ccccc12. The standard InChI is InChI=1S/C15H15N3O2/c19-14(20)7-3-5-12-11-4-1-2-6-13(11)17-15(12)18-9-8-16-10-18/h1-2,4,6,8-10,17H,3,5,7H2,(H,19,20). The summed E-state index contributed by atoms with van der Waals surface area (Å²) in [5.74, 6) is 0.211. The molecule has 0 saturated carbocycles. The van der Waals surface area contributed by atoms with Gasteiger partial charge in [0.1, 0.15) is 12.1 Å². The van der Waals surface area contributed by atoms with Crippen molar-refractivity contribution in [2.45, 2.75) is 19.3 Å². The van der Waals surface area contributed by atoms with Crippen molar-refractivity contribution in [1.82, 2.24) is 14.5 Å². The first-order valence-electron chi connectivity index (χ1n) is 6.55. The predicted molar refractivity (Wildman–Crippen MR) is 76.0 cm³/mol. The molecule has 0 aliphatic carbocycles. The largest absolute Gasteiger partial charge is 0.481 e. The molecule has 0 saturated heterocycles. The van der Waals surface area contributed by atoms with Gasteiger partial charge in [-0.25, -0.2) is 4.98 Å². The molecule has 2 N–H and O–H groups in total.